The highest BCUT2D eigenvalue weighted by Crippen LogP contribution is 2.30. The summed E-state index contributed by atoms with van der Waals surface area (Å²) in [6.45, 7) is 6.69. The van der Waals surface area contributed by atoms with Crippen molar-refractivity contribution in [2.75, 3.05) is 27.2 Å². The van der Waals surface area contributed by atoms with E-state index in [9.17, 15) is 0 Å². The van der Waals surface area contributed by atoms with Crippen molar-refractivity contribution in [1.29, 1.82) is 0 Å². The predicted molar refractivity (Wildman–Crippen MR) is 81.0 cm³/mol. The standard InChI is InChI=1S/C16H27N3/c1-12-10-19(11-15(12)18(3)4)16(13(2)17)14-8-6-5-7-9-14/h5-9,12-13,15-16H,10-11,17H2,1-4H3. The van der Waals surface area contributed by atoms with E-state index >= 15 is 0 Å². The number of hydrogen-bond donors (Lipinski definition) is 1. The topological polar surface area (TPSA) is 32.5 Å². The molecule has 4 atom stereocenters. The summed E-state index contributed by atoms with van der Waals surface area (Å²) in [5, 5.41) is 0. The van der Waals surface area contributed by atoms with Crippen molar-refractivity contribution < 1.29 is 0 Å². The number of benzene rings is 1. The molecule has 3 nitrogen and oxygen atoms in total. The summed E-state index contributed by atoms with van der Waals surface area (Å²) in [5.74, 6) is 0.694. The Bertz CT molecular complexity index is 388. The highest BCUT2D eigenvalue weighted by Gasteiger charge is 2.36. The maximum absolute atomic E-state index is 6.26. The first-order chi connectivity index (χ1) is 9.00. The molecule has 0 amide bonds. The molecular weight excluding hydrogens is 234 g/mol. The average Bonchev–Trinajstić information content (AvgIpc) is 2.72. The fraction of sp³-hybridized carbons (Fsp3) is 0.625. The van der Waals surface area contributed by atoms with E-state index in [2.05, 4.69) is 68.1 Å². The Kier molecular flexibility index (Phi) is 4.61. The van der Waals surface area contributed by atoms with E-state index in [0.29, 0.717) is 18.0 Å². The second-order valence-electron chi connectivity index (χ2n) is 6.18. The van der Waals surface area contributed by atoms with Crippen molar-refractivity contribution in [3.8, 4) is 0 Å². The van der Waals surface area contributed by atoms with Gasteiger partial charge < -0.3 is 10.6 Å². The fourth-order valence-electron chi connectivity index (χ4n) is 3.38. The maximum atomic E-state index is 6.26. The molecule has 0 radical (unpaired) electrons. The van der Waals surface area contributed by atoms with Crippen LogP contribution in [0, 0.1) is 5.92 Å². The summed E-state index contributed by atoms with van der Waals surface area (Å²) in [4.78, 5) is 4.89. The van der Waals surface area contributed by atoms with Crippen molar-refractivity contribution in [2.24, 2.45) is 11.7 Å². The molecule has 1 aliphatic rings. The van der Waals surface area contributed by atoms with Gasteiger partial charge in [0.25, 0.3) is 0 Å². The fourth-order valence-corrected chi connectivity index (χ4v) is 3.38. The van der Waals surface area contributed by atoms with Crippen molar-refractivity contribution >= 4 is 0 Å². The van der Waals surface area contributed by atoms with Crippen LogP contribution in [0.2, 0.25) is 0 Å². The van der Waals surface area contributed by atoms with Crippen LogP contribution >= 0.6 is 0 Å². The molecule has 0 bridgehead atoms. The summed E-state index contributed by atoms with van der Waals surface area (Å²) in [6, 6.07) is 11.8. The number of hydrogen-bond acceptors (Lipinski definition) is 3. The lowest BCUT2D eigenvalue weighted by molar-refractivity contribution is 0.197. The maximum Gasteiger partial charge on any atom is 0.0497 e. The minimum Gasteiger partial charge on any atom is -0.326 e. The Morgan fingerprint density at radius 1 is 1.21 bits per heavy atom. The smallest absolute Gasteiger partial charge is 0.0497 e. The van der Waals surface area contributed by atoms with E-state index in [-0.39, 0.29) is 6.04 Å². The van der Waals surface area contributed by atoms with Crippen LogP contribution in [0.25, 0.3) is 0 Å². The quantitative estimate of drug-likeness (QED) is 0.899. The summed E-state index contributed by atoms with van der Waals surface area (Å²) in [6.07, 6.45) is 0. The van der Waals surface area contributed by atoms with E-state index in [0.717, 1.165) is 13.1 Å². The minimum absolute atomic E-state index is 0.149. The van der Waals surface area contributed by atoms with Gasteiger partial charge >= 0.3 is 0 Å². The number of nitrogens with two attached hydrogens (primary N) is 1. The Morgan fingerprint density at radius 2 is 1.84 bits per heavy atom. The Morgan fingerprint density at radius 3 is 2.32 bits per heavy atom. The Labute approximate surface area is 117 Å². The van der Waals surface area contributed by atoms with Crippen molar-refractivity contribution in [1.82, 2.24) is 9.80 Å². The normalized spacial score (nSPS) is 27.7. The molecule has 1 saturated heterocycles. The van der Waals surface area contributed by atoms with E-state index in [1.165, 1.54) is 5.56 Å². The van der Waals surface area contributed by atoms with Gasteiger partial charge in [0, 0.05) is 31.2 Å². The third kappa shape index (κ3) is 3.16. The Balaban J connectivity index is 2.18. The first-order valence-electron chi connectivity index (χ1n) is 7.21. The molecule has 1 heterocycles. The molecule has 0 spiro atoms. The largest absolute Gasteiger partial charge is 0.326 e. The van der Waals surface area contributed by atoms with Gasteiger partial charge in [-0.05, 0) is 32.5 Å². The predicted octanol–water partition coefficient (Wildman–Crippen LogP) is 1.96. The van der Waals surface area contributed by atoms with E-state index < -0.39 is 0 Å². The molecule has 2 N–H and O–H groups in total. The number of nitrogens with zero attached hydrogens (tertiary/aromatic N) is 2. The Hall–Kier alpha value is -0.900. The van der Waals surface area contributed by atoms with E-state index in [1.54, 1.807) is 0 Å². The molecule has 19 heavy (non-hydrogen) atoms. The minimum atomic E-state index is 0.149. The van der Waals surface area contributed by atoms with Crippen LogP contribution in [-0.2, 0) is 0 Å². The summed E-state index contributed by atoms with van der Waals surface area (Å²) in [7, 11) is 4.35. The molecule has 1 fully saturated rings. The average molecular weight is 261 g/mol. The number of rotatable bonds is 4. The second kappa shape index (κ2) is 6.04. The molecule has 4 unspecified atom stereocenters. The third-order valence-electron chi connectivity index (χ3n) is 4.30. The van der Waals surface area contributed by atoms with Gasteiger partial charge in [-0.15, -0.1) is 0 Å². The SMILES string of the molecule is CC(N)C(c1ccccc1)N1CC(C)C(N(C)C)C1. The summed E-state index contributed by atoms with van der Waals surface area (Å²) < 4.78 is 0. The van der Waals surface area contributed by atoms with Crippen LogP contribution in [0.15, 0.2) is 30.3 Å². The molecule has 1 aromatic carbocycles. The van der Waals surface area contributed by atoms with Crippen molar-refractivity contribution in [3.63, 3.8) is 0 Å². The molecule has 1 aliphatic heterocycles. The summed E-state index contributed by atoms with van der Waals surface area (Å²) in [5.41, 5.74) is 7.60. The number of likely N-dealkylation sites (tertiary alicyclic amines) is 1. The van der Waals surface area contributed by atoms with Crippen LogP contribution in [0.3, 0.4) is 0 Å². The highest BCUT2D eigenvalue weighted by atomic mass is 15.3. The van der Waals surface area contributed by atoms with Crippen LogP contribution in [-0.4, -0.2) is 49.1 Å². The lowest BCUT2D eigenvalue weighted by Gasteiger charge is -2.32. The lowest BCUT2D eigenvalue weighted by atomic mass is 9.99. The third-order valence-corrected chi connectivity index (χ3v) is 4.30. The molecular formula is C16H27N3. The van der Waals surface area contributed by atoms with Crippen molar-refractivity contribution in [2.45, 2.75) is 32.0 Å². The molecule has 2 rings (SSSR count). The lowest BCUT2D eigenvalue weighted by Crippen LogP contribution is -2.40. The second-order valence-corrected chi connectivity index (χ2v) is 6.18. The van der Waals surface area contributed by atoms with Gasteiger partial charge in [0.15, 0.2) is 0 Å². The molecule has 0 aromatic heterocycles. The van der Waals surface area contributed by atoms with Gasteiger partial charge in [-0.2, -0.15) is 0 Å². The van der Waals surface area contributed by atoms with Gasteiger partial charge in [0.2, 0.25) is 0 Å². The summed E-state index contributed by atoms with van der Waals surface area (Å²) >= 11 is 0. The molecule has 0 aliphatic carbocycles. The van der Waals surface area contributed by atoms with Gasteiger partial charge in [-0.3, -0.25) is 4.90 Å². The van der Waals surface area contributed by atoms with Crippen LogP contribution in [0.5, 0.6) is 0 Å². The zero-order valence-electron chi connectivity index (χ0n) is 12.6. The van der Waals surface area contributed by atoms with Gasteiger partial charge in [0.1, 0.15) is 0 Å². The molecule has 106 valence electrons. The molecule has 1 aromatic rings. The van der Waals surface area contributed by atoms with Crippen LogP contribution < -0.4 is 5.73 Å². The number of likely N-dealkylation sites (N-methyl/N-ethyl adjacent to an activating group) is 1. The van der Waals surface area contributed by atoms with Crippen LogP contribution in [0.1, 0.15) is 25.5 Å². The monoisotopic (exact) mass is 261 g/mol. The first-order valence-corrected chi connectivity index (χ1v) is 7.21. The van der Waals surface area contributed by atoms with Gasteiger partial charge in [-0.1, -0.05) is 37.3 Å². The van der Waals surface area contributed by atoms with Gasteiger partial charge in [-0.25, -0.2) is 0 Å². The zero-order chi connectivity index (χ0) is 14.0. The zero-order valence-corrected chi connectivity index (χ0v) is 12.6. The van der Waals surface area contributed by atoms with Gasteiger partial charge in [0.05, 0.1) is 0 Å². The van der Waals surface area contributed by atoms with Crippen LogP contribution in [0.4, 0.5) is 0 Å². The van der Waals surface area contributed by atoms with Crippen molar-refractivity contribution in [3.05, 3.63) is 35.9 Å². The van der Waals surface area contributed by atoms with E-state index in [1.807, 2.05) is 0 Å². The molecule has 3 heteroatoms. The highest BCUT2D eigenvalue weighted by molar-refractivity contribution is 5.21. The first kappa shape index (κ1) is 14.5. The molecule has 0 saturated carbocycles. The van der Waals surface area contributed by atoms with E-state index in [4.69, 9.17) is 5.73 Å².